The van der Waals surface area contributed by atoms with Crippen molar-refractivity contribution in [1.29, 1.82) is 0 Å². The van der Waals surface area contributed by atoms with Crippen LogP contribution in [0.2, 0.25) is 5.02 Å². The number of hydrogen-bond acceptors (Lipinski definition) is 3. The number of rotatable bonds is 7. The average Bonchev–Trinajstić information content (AvgIpc) is 2.74. The van der Waals surface area contributed by atoms with Crippen LogP contribution in [-0.2, 0) is 9.59 Å². The normalized spacial score (nSPS) is 35.8. The molecule has 2 N–H and O–H groups in total. The third kappa shape index (κ3) is 3.41. The number of ketones is 1. The van der Waals surface area contributed by atoms with E-state index in [1.54, 1.807) is 6.08 Å². The summed E-state index contributed by atoms with van der Waals surface area (Å²) in [5.74, 6) is 1.49. The Hall–Kier alpha value is -1.81. The van der Waals surface area contributed by atoms with Crippen molar-refractivity contribution in [2.75, 3.05) is 13.1 Å². The van der Waals surface area contributed by atoms with Gasteiger partial charge < -0.3 is 10.6 Å². The highest BCUT2D eigenvalue weighted by atomic mass is 35.5. The minimum atomic E-state index is -1.11. The molecule has 1 atom stereocenters. The van der Waals surface area contributed by atoms with Gasteiger partial charge in [-0.05, 0) is 85.8 Å². The van der Waals surface area contributed by atoms with Gasteiger partial charge in [-0.1, -0.05) is 43.5 Å². The van der Waals surface area contributed by atoms with E-state index in [0.717, 1.165) is 56.3 Å². The number of benzene rings is 1. The number of carbonyl (C=O) groups excluding carboxylic acids is 2. The zero-order valence-electron chi connectivity index (χ0n) is 19.1. The molecule has 0 radical (unpaired) electrons. The van der Waals surface area contributed by atoms with Crippen molar-refractivity contribution in [2.45, 2.75) is 64.7 Å². The molecule has 0 saturated heterocycles. The minimum Gasteiger partial charge on any atom is -0.369 e. The lowest BCUT2D eigenvalue weighted by molar-refractivity contribution is -0.170. The van der Waals surface area contributed by atoms with E-state index in [-0.39, 0.29) is 11.2 Å². The maximum Gasteiger partial charge on any atom is 0.233 e. The first-order chi connectivity index (χ1) is 15.4. The summed E-state index contributed by atoms with van der Waals surface area (Å²) in [6.45, 7) is 3.45. The van der Waals surface area contributed by atoms with E-state index in [4.69, 9.17) is 17.3 Å². The zero-order chi connectivity index (χ0) is 22.5. The lowest BCUT2D eigenvalue weighted by atomic mass is 9.41. The van der Waals surface area contributed by atoms with E-state index in [1.165, 1.54) is 19.3 Å². The Morgan fingerprint density at radius 2 is 1.66 bits per heavy atom. The van der Waals surface area contributed by atoms with Gasteiger partial charge in [-0.25, -0.2) is 0 Å². The Balaban J connectivity index is 1.57. The first kappa shape index (κ1) is 22.0. The first-order valence-corrected chi connectivity index (χ1v) is 12.8. The number of hydrogen-bond donors (Lipinski definition) is 1. The topological polar surface area (TPSA) is 63.4 Å². The standard InChI is InChI=1S/C27H35ClN2O2/c1-2-3-4-9-30-17-27(25(29)32,24(31)13-23(30)21-5-7-22(28)8-6-21)26-14-18-10-19(15-26)12-20(11-18)16-26/h5-8,13,18-20H,2-4,9-12,14-17H2,1H3,(H2,29,32). The maximum atomic E-state index is 14.0. The number of unbranched alkanes of at least 4 members (excludes halogenated alkanes) is 2. The van der Waals surface area contributed by atoms with Crippen molar-refractivity contribution < 1.29 is 9.59 Å². The van der Waals surface area contributed by atoms with Crippen molar-refractivity contribution >= 4 is 29.0 Å². The predicted molar refractivity (Wildman–Crippen MR) is 128 cm³/mol. The summed E-state index contributed by atoms with van der Waals surface area (Å²) in [4.78, 5) is 29.5. The van der Waals surface area contributed by atoms with Gasteiger partial charge in [0, 0.05) is 29.9 Å². The zero-order valence-corrected chi connectivity index (χ0v) is 19.9. The molecule has 4 saturated carbocycles. The second-order valence-corrected chi connectivity index (χ2v) is 11.4. The van der Waals surface area contributed by atoms with Crippen LogP contribution in [0.1, 0.15) is 70.3 Å². The summed E-state index contributed by atoms with van der Waals surface area (Å²) in [6, 6.07) is 7.66. The lowest BCUT2D eigenvalue weighted by Gasteiger charge is -2.63. The van der Waals surface area contributed by atoms with Gasteiger partial charge in [0.2, 0.25) is 5.91 Å². The number of carbonyl (C=O) groups is 2. The Morgan fingerprint density at radius 3 is 2.19 bits per heavy atom. The van der Waals surface area contributed by atoms with Crippen LogP contribution >= 0.6 is 11.6 Å². The van der Waals surface area contributed by atoms with Crippen LogP contribution in [0.3, 0.4) is 0 Å². The van der Waals surface area contributed by atoms with Crippen LogP contribution in [0.15, 0.2) is 30.3 Å². The van der Waals surface area contributed by atoms with E-state index in [1.807, 2.05) is 24.3 Å². The van der Waals surface area contributed by atoms with Gasteiger partial charge in [-0.3, -0.25) is 9.59 Å². The van der Waals surface area contributed by atoms with Crippen molar-refractivity contribution in [1.82, 2.24) is 4.90 Å². The highest BCUT2D eigenvalue weighted by molar-refractivity contribution is 6.30. The quantitative estimate of drug-likeness (QED) is 0.440. The molecule has 1 heterocycles. The Labute approximate surface area is 196 Å². The number of nitrogens with two attached hydrogens (primary N) is 1. The Bertz CT molecular complexity index is 902. The Morgan fingerprint density at radius 1 is 1.06 bits per heavy atom. The number of allylic oxidation sites excluding steroid dienone is 1. The van der Waals surface area contributed by atoms with Gasteiger partial charge in [0.25, 0.3) is 0 Å². The highest BCUT2D eigenvalue weighted by Crippen LogP contribution is 2.67. The molecule has 0 spiro atoms. The fraction of sp³-hybridized carbons (Fsp3) is 0.630. The van der Waals surface area contributed by atoms with Crippen LogP contribution < -0.4 is 5.73 Å². The van der Waals surface area contributed by atoms with Crippen molar-refractivity contribution in [3.63, 3.8) is 0 Å². The van der Waals surface area contributed by atoms with E-state index in [0.29, 0.717) is 29.3 Å². The summed E-state index contributed by atoms with van der Waals surface area (Å²) in [5, 5.41) is 0.675. The number of primary amides is 1. The van der Waals surface area contributed by atoms with Crippen LogP contribution in [-0.4, -0.2) is 29.7 Å². The van der Waals surface area contributed by atoms with Gasteiger partial charge in [-0.15, -0.1) is 0 Å². The van der Waals surface area contributed by atoms with E-state index < -0.39 is 11.3 Å². The van der Waals surface area contributed by atoms with Crippen molar-refractivity contribution in [2.24, 2.45) is 34.3 Å². The van der Waals surface area contributed by atoms with Crippen LogP contribution in [0.25, 0.3) is 5.70 Å². The molecule has 4 nitrogen and oxygen atoms in total. The lowest BCUT2D eigenvalue weighted by Crippen LogP contribution is -2.66. The van der Waals surface area contributed by atoms with Gasteiger partial charge in [0.1, 0.15) is 5.41 Å². The summed E-state index contributed by atoms with van der Waals surface area (Å²) < 4.78 is 0. The molecular weight excluding hydrogens is 420 g/mol. The predicted octanol–water partition coefficient (Wildman–Crippen LogP) is 5.44. The molecule has 4 aliphatic carbocycles. The van der Waals surface area contributed by atoms with Gasteiger partial charge in [0.15, 0.2) is 5.78 Å². The first-order valence-electron chi connectivity index (χ1n) is 12.4. The molecule has 1 unspecified atom stereocenters. The van der Waals surface area contributed by atoms with E-state index >= 15 is 0 Å². The fourth-order valence-corrected chi connectivity index (χ4v) is 8.08. The van der Waals surface area contributed by atoms with Crippen molar-refractivity contribution in [3.8, 4) is 0 Å². The molecule has 5 heteroatoms. The van der Waals surface area contributed by atoms with Crippen LogP contribution in [0, 0.1) is 28.6 Å². The van der Waals surface area contributed by atoms with Crippen molar-refractivity contribution in [3.05, 3.63) is 40.9 Å². The molecule has 1 amide bonds. The third-order valence-electron chi connectivity index (χ3n) is 8.99. The van der Waals surface area contributed by atoms with Crippen LogP contribution in [0.4, 0.5) is 0 Å². The van der Waals surface area contributed by atoms with Gasteiger partial charge in [-0.2, -0.15) is 0 Å². The van der Waals surface area contributed by atoms with E-state index in [2.05, 4.69) is 11.8 Å². The fourth-order valence-electron chi connectivity index (χ4n) is 7.95. The molecule has 1 aromatic rings. The highest BCUT2D eigenvalue weighted by Gasteiger charge is 2.66. The number of amides is 1. The van der Waals surface area contributed by atoms with Crippen LogP contribution in [0.5, 0.6) is 0 Å². The van der Waals surface area contributed by atoms with Gasteiger partial charge in [0.05, 0.1) is 0 Å². The van der Waals surface area contributed by atoms with E-state index in [9.17, 15) is 9.59 Å². The monoisotopic (exact) mass is 454 g/mol. The average molecular weight is 455 g/mol. The molecule has 4 fully saturated rings. The smallest absolute Gasteiger partial charge is 0.233 e. The molecule has 32 heavy (non-hydrogen) atoms. The molecule has 1 aromatic carbocycles. The Kier molecular flexibility index (Phi) is 5.64. The number of nitrogens with zero attached hydrogens (tertiary/aromatic N) is 1. The molecule has 1 aliphatic heterocycles. The third-order valence-corrected chi connectivity index (χ3v) is 9.24. The second-order valence-electron chi connectivity index (χ2n) is 11.0. The maximum absolute atomic E-state index is 14.0. The SMILES string of the molecule is CCCCCN1CC(C(N)=O)(C23CC4CC(CC(C4)C2)C3)C(=O)C=C1c1ccc(Cl)cc1. The van der Waals surface area contributed by atoms with Gasteiger partial charge >= 0.3 is 0 Å². The molecular formula is C27H35ClN2O2. The molecule has 0 aromatic heterocycles. The molecule has 172 valence electrons. The number of halogens is 1. The molecule has 4 bridgehead atoms. The second kappa shape index (κ2) is 8.20. The summed E-state index contributed by atoms with van der Waals surface area (Å²) in [5.41, 5.74) is 6.71. The molecule has 6 rings (SSSR count). The summed E-state index contributed by atoms with van der Waals surface area (Å²) in [6.07, 6.45) is 11.8. The molecule has 5 aliphatic rings. The summed E-state index contributed by atoms with van der Waals surface area (Å²) in [7, 11) is 0. The summed E-state index contributed by atoms with van der Waals surface area (Å²) >= 11 is 6.12. The minimum absolute atomic E-state index is 0.0661. The largest absolute Gasteiger partial charge is 0.369 e.